The average Bonchev–Trinajstić information content (AvgIpc) is 2.87. The van der Waals surface area contributed by atoms with Gasteiger partial charge in [-0.05, 0) is 24.1 Å². The van der Waals surface area contributed by atoms with Gasteiger partial charge in [0.05, 0.1) is 25.4 Å². The zero-order valence-electron chi connectivity index (χ0n) is 11.3. The van der Waals surface area contributed by atoms with Crippen LogP contribution in [0.15, 0.2) is 24.3 Å². The largest absolute Gasteiger partial charge is 0.374 e. The van der Waals surface area contributed by atoms with Crippen LogP contribution in [0.2, 0.25) is 0 Å². The van der Waals surface area contributed by atoms with Crippen LogP contribution >= 0.6 is 11.6 Å². The van der Waals surface area contributed by atoms with Crippen molar-refractivity contribution in [1.82, 2.24) is 4.90 Å². The summed E-state index contributed by atoms with van der Waals surface area (Å²) < 4.78 is 24.7. The van der Waals surface area contributed by atoms with Gasteiger partial charge >= 0.3 is 0 Å². The van der Waals surface area contributed by atoms with E-state index < -0.39 is 0 Å². The number of hydrogen-bond acceptors (Lipinski definition) is 3. The van der Waals surface area contributed by atoms with Gasteiger partial charge in [-0.15, -0.1) is 11.6 Å². The average molecular weight is 300 g/mol. The van der Waals surface area contributed by atoms with Crippen molar-refractivity contribution in [3.8, 4) is 0 Å². The van der Waals surface area contributed by atoms with Crippen LogP contribution in [0.25, 0.3) is 0 Å². The highest BCUT2D eigenvalue weighted by Crippen LogP contribution is 2.26. The van der Waals surface area contributed by atoms with Crippen LogP contribution in [-0.4, -0.2) is 48.7 Å². The number of fused-ring (bicyclic) bond motifs is 1. The lowest BCUT2D eigenvalue weighted by molar-refractivity contribution is -0.0377. The van der Waals surface area contributed by atoms with Gasteiger partial charge in [-0.3, -0.25) is 4.90 Å². The van der Waals surface area contributed by atoms with E-state index in [1.165, 1.54) is 12.1 Å². The van der Waals surface area contributed by atoms with Crippen molar-refractivity contribution in [3.63, 3.8) is 0 Å². The Morgan fingerprint density at radius 2 is 2.30 bits per heavy atom. The van der Waals surface area contributed by atoms with E-state index in [0.29, 0.717) is 18.5 Å². The zero-order chi connectivity index (χ0) is 13.9. The van der Waals surface area contributed by atoms with Crippen molar-refractivity contribution in [2.24, 2.45) is 0 Å². The van der Waals surface area contributed by atoms with Gasteiger partial charge in [-0.25, -0.2) is 4.39 Å². The highest BCUT2D eigenvalue weighted by atomic mass is 35.5. The van der Waals surface area contributed by atoms with Crippen LogP contribution in [0.3, 0.4) is 0 Å². The van der Waals surface area contributed by atoms with Gasteiger partial charge in [-0.2, -0.15) is 0 Å². The molecular formula is C15H19ClFNO2. The highest BCUT2D eigenvalue weighted by molar-refractivity contribution is 6.18. The van der Waals surface area contributed by atoms with E-state index in [2.05, 4.69) is 4.90 Å². The first-order valence-corrected chi connectivity index (χ1v) is 7.55. The minimum atomic E-state index is -0.215. The predicted octanol–water partition coefficient (Wildman–Crippen LogP) is 2.42. The maximum atomic E-state index is 13.1. The van der Waals surface area contributed by atoms with Gasteiger partial charge in [0.15, 0.2) is 0 Å². The molecule has 2 saturated heterocycles. The molecule has 3 rings (SSSR count). The fraction of sp³-hybridized carbons (Fsp3) is 0.600. The van der Waals surface area contributed by atoms with Crippen LogP contribution in [-0.2, 0) is 16.1 Å². The summed E-state index contributed by atoms with van der Waals surface area (Å²) in [5.74, 6) is 0.325. The molecule has 20 heavy (non-hydrogen) atoms. The molecule has 2 aliphatic heterocycles. The van der Waals surface area contributed by atoms with E-state index in [0.717, 1.165) is 31.7 Å². The number of nitrogens with zero attached hydrogens (tertiary/aromatic N) is 1. The molecule has 1 aromatic rings. The molecule has 2 heterocycles. The van der Waals surface area contributed by atoms with Crippen LogP contribution < -0.4 is 0 Å². The molecule has 0 radical (unpaired) electrons. The number of morpholine rings is 1. The monoisotopic (exact) mass is 299 g/mol. The lowest BCUT2D eigenvalue weighted by atomic mass is 10.2. The second kappa shape index (κ2) is 6.39. The van der Waals surface area contributed by atoms with Crippen molar-refractivity contribution in [2.45, 2.75) is 31.3 Å². The predicted molar refractivity (Wildman–Crippen MR) is 75.4 cm³/mol. The molecule has 0 amide bonds. The van der Waals surface area contributed by atoms with E-state index in [-0.39, 0.29) is 18.0 Å². The van der Waals surface area contributed by atoms with E-state index in [4.69, 9.17) is 21.1 Å². The smallest absolute Gasteiger partial charge is 0.123 e. The summed E-state index contributed by atoms with van der Waals surface area (Å²) in [5, 5.41) is 0. The molecular weight excluding hydrogens is 281 g/mol. The van der Waals surface area contributed by atoms with Gasteiger partial charge in [0.1, 0.15) is 5.82 Å². The minimum absolute atomic E-state index is 0.134. The maximum Gasteiger partial charge on any atom is 0.123 e. The molecule has 0 N–H and O–H groups in total. The van der Waals surface area contributed by atoms with Crippen LogP contribution in [0, 0.1) is 5.82 Å². The van der Waals surface area contributed by atoms with Gasteiger partial charge < -0.3 is 9.47 Å². The van der Waals surface area contributed by atoms with Gasteiger partial charge in [0.25, 0.3) is 0 Å². The summed E-state index contributed by atoms with van der Waals surface area (Å²) in [7, 11) is 0. The molecule has 0 aliphatic carbocycles. The van der Waals surface area contributed by atoms with Gasteiger partial charge in [-0.1, -0.05) is 12.1 Å². The first kappa shape index (κ1) is 14.3. The first-order valence-electron chi connectivity index (χ1n) is 7.02. The number of hydrogen-bond donors (Lipinski definition) is 0. The minimum Gasteiger partial charge on any atom is -0.374 e. The van der Waals surface area contributed by atoms with E-state index in [1.807, 2.05) is 6.07 Å². The lowest BCUT2D eigenvalue weighted by Gasteiger charge is -2.33. The Balaban J connectivity index is 1.50. The Morgan fingerprint density at radius 1 is 1.40 bits per heavy atom. The SMILES string of the molecule is Fc1cccc(CO[C@@H]2C[C@@H]3CO[C@@H](CCl)CN3C2)c1. The third-order valence-electron chi connectivity index (χ3n) is 4.00. The summed E-state index contributed by atoms with van der Waals surface area (Å²) in [4.78, 5) is 2.40. The molecule has 0 saturated carbocycles. The summed E-state index contributed by atoms with van der Waals surface area (Å²) in [6.07, 6.45) is 1.31. The van der Waals surface area contributed by atoms with Crippen LogP contribution in [0.5, 0.6) is 0 Å². The summed E-state index contributed by atoms with van der Waals surface area (Å²) in [6, 6.07) is 7.01. The quantitative estimate of drug-likeness (QED) is 0.797. The van der Waals surface area contributed by atoms with Gasteiger partial charge in [0.2, 0.25) is 0 Å². The van der Waals surface area contributed by atoms with Crippen molar-refractivity contribution < 1.29 is 13.9 Å². The zero-order valence-corrected chi connectivity index (χ0v) is 12.1. The van der Waals surface area contributed by atoms with Crippen LogP contribution in [0.1, 0.15) is 12.0 Å². The van der Waals surface area contributed by atoms with Crippen molar-refractivity contribution in [3.05, 3.63) is 35.6 Å². The number of benzene rings is 1. The normalized spacial score (nSPS) is 30.4. The van der Waals surface area contributed by atoms with Crippen LogP contribution in [0.4, 0.5) is 4.39 Å². The molecule has 0 spiro atoms. The fourth-order valence-corrected chi connectivity index (χ4v) is 3.14. The first-order chi connectivity index (χ1) is 9.74. The van der Waals surface area contributed by atoms with Crippen molar-refractivity contribution in [2.75, 3.05) is 25.6 Å². The highest BCUT2D eigenvalue weighted by Gasteiger charge is 2.37. The molecule has 3 atom stereocenters. The molecule has 110 valence electrons. The van der Waals surface area contributed by atoms with E-state index >= 15 is 0 Å². The molecule has 0 bridgehead atoms. The second-order valence-corrected chi connectivity index (χ2v) is 5.82. The summed E-state index contributed by atoms with van der Waals surface area (Å²) in [5.41, 5.74) is 0.879. The molecule has 2 aliphatic rings. The molecule has 2 fully saturated rings. The molecule has 0 aromatic heterocycles. The standard InChI is InChI=1S/C15H19ClFNO2/c16-6-15-8-18-7-14(5-13(18)10-20-15)19-9-11-2-1-3-12(17)4-11/h1-4,13-15H,5-10H2/t13-,14-,15+/m1/s1. The Hall–Kier alpha value is -0.680. The van der Waals surface area contributed by atoms with Crippen molar-refractivity contribution >= 4 is 11.6 Å². The third-order valence-corrected chi connectivity index (χ3v) is 4.34. The molecule has 0 unspecified atom stereocenters. The number of alkyl halides is 1. The Labute approximate surface area is 123 Å². The van der Waals surface area contributed by atoms with Crippen molar-refractivity contribution in [1.29, 1.82) is 0 Å². The number of halogens is 2. The van der Waals surface area contributed by atoms with E-state index in [9.17, 15) is 4.39 Å². The summed E-state index contributed by atoms with van der Waals surface area (Å²) in [6.45, 7) is 2.99. The second-order valence-electron chi connectivity index (χ2n) is 5.52. The van der Waals surface area contributed by atoms with Gasteiger partial charge in [0, 0.05) is 25.0 Å². The Bertz CT molecular complexity index is 459. The third kappa shape index (κ3) is 3.31. The maximum absolute atomic E-state index is 13.1. The Kier molecular flexibility index (Phi) is 4.56. The lowest BCUT2D eigenvalue weighted by Crippen LogP contribution is -2.46. The molecule has 1 aromatic carbocycles. The number of ether oxygens (including phenoxy) is 2. The Morgan fingerprint density at radius 3 is 3.10 bits per heavy atom. The number of rotatable bonds is 4. The van der Waals surface area contributed by atoms with E-state index in [1.54, 1.807) is 6.07 Å². The molecule has 3 nitrogen and oxygen atoms in total. The molecule has 5 heteroatoms. The summed E-state index contributed by atoms with van der Waals surface area (Å²) >= 11 is 5.84. The fourth-order valence-electron chi connectivity index (χ4n) is 2.95. The topological polar surface area (TPSA) is 21.7 Å².